The number of hydrogen-bond donors (Lipinski definition) is 1. The fourth-order valence-corrected chi connectivity index (χ4v) is 4.37. The van der Waals surface area contributed by atoms with E-state index in [1.54, 1.807) is 11.8 Å². The third-order valence-corrected chi connectivity index (χ3v) is 5.40. The van der Waals surface area contributed by atoms with Crippen molar-refractivity contribution in [1.29, 1.82) is 0 Å². The largest absolute Gasteiger partial charge is 0.466 e. The summed E-state index contributed by atoms with van der Waals surface area (Å²) in [6.45, 7) is 2.63. The lowest BCUT2D eigenvalue weighted by molar-refractivity contribution is -0.149. The molecule has 7 nitrogen and oxygen atoms in total. The van der Waals surface area contributed by atoms with Crippen LogP contribution < -0.4 is 5.14 Å². The van der Waals surface area contributed by atoms with Crippen LogP contribution in [0.4, 0.5) is 0 Å². The second kappa shape index (κ2) is 6.95. The Kier molecular flexibility index (Phi) is 5.44. The molecule has 0 aromatic rings. The zero-order valence-corrected chi connectivity index (χ0v) is 13.7. The van der Waals surface area contributed by atoms with E-state index in [9.17, 15) is 18.0 Å². The maximum absolute atomic E-state index is 12.1. The summed E-state index contributed by atoms with van der Waals surface area (Å²) >= 11 is 0. The van der Waals surface area contributed by atoms with Gasteiger partial charge in [0.25, 0.3) is 0 Å². The van der Waals surface area contributed by atoms with E-state index in [2.05, 4.69) is 0 Å². The van der Waals surface area contributed by atoms with Crippen molar-refractivity contribution >= 4 is 21.9 Å². The summed E-state index contributed by atoms with van der Waals surface area (Å²) in [5.41, 5.74) is 0. The number of nitrogens with two attached hydrogens (primary N) is 1. The van der Waals surface area contributed by atoms with Crippen LogP contribution in [0.3, 0.4) is 0 Å². The van der Waals surface area contributed by atoms with Crippen molar-refractivity contribution in [2.75, 3.05) is 18.9 Å². The minimum absolute atomic E-state index is 0.00626. The van der Waals surface area contributed by atoms with Crippen LogP contribution in [0, 0.1) is 11.8 Å². The van der Waals surface area contributed by atoms with Gasteiger partial charge in [-0.25, -0.2) is 13.6 Å². The van der Waals surface area contributed by atoms with Crippen LogP contribution in [0.1, 0.15) is 39.0 Å². The first-order valence-corrected chi connectivity index (χ1v) is 9.48. The van der Waals surface area contributed by atoms with Crippen molar-refractivity contribution in [3.05, 3.63) is 0 Å². The fraction of sp³-hybridized carbons (Fsp3) is 0.857. The van der Waals surface area contributed by atoms with Crippen LogP contribution in [-0.4, -0.2) is 50.1 Å². The minimum Gasteiger partial charge on any atom is -0.466 e. The summed E-state index contributed by atoms with van der Waals surface area (Å²) in [6.07, 6.45) is 3.20. The van der Waals surface area contributed by atoms with Crippen molar-refractivity contribution in [2.45, 2.75) is 45.1 Å². The Balaban J connectivity index is 1.86. The first-order valence-electron chi connectivity index (χ1n) is 7.76. The molecule has 1 amide bonds. The second-order valence-corrected chi connectivity index (χ2v) is 7.86. The second-order valence-electron chi connectivity index (χ2n) is 6.20. The highest BCUT2D eigenvalue weighted by Crippen LogP contribution is 2.32. The third-order valence-electron chi connectivity index (χ3n) is 4.46. The number of amides is 1. The van der Waals surface area contributed by atoms with E-state index < -0.39 is 10.0 Å². The molecule has 1 saturated carbocycles. The molecule has 1 aliphatic heterocycles. The zero-order chi connectivity index (χ0) is 16.3. The van der Waals surface area contributed by atoms with Gasteiger partial charge in [0.1, 0.15) is 0 Å². The Labute approximate surface area is 131 Å². The molecule has 22 heavy (non-hydrogen) atoms. The predicted octanol–water partition coefficient (Wildman–Crippen LogP) is 0.245. The Morgan fingerprint density at radius 2 is 1.95 bits per heavy atom. The van der Waals surface area contributed by atoms with Crippen molar-refractivity contribution in [3.8, 4) is 0 Å². The standard InChI is InChI=1S/C14H24N2O5S/c1-2-21-14(18)11-3-5-12(6-4-11)16-8-10(7-13(16)17)9-22(15,19)20/h10-12H,2-9H2,1H3,(H2,15,19,20). The smallest absolute Gasteiger partial charge is 0.308 e. The molecule has 1 unspecified atom stereocenters. The Morgan fingerprint density at radius 3 is 2.50 bits per heavy atom. The number of hydrogen-bond acceptors (Lipinski definition) is 5. The molecule has 2 fully saturated rings. The number of ether oxygens (including phenoxy) is 1. The number of carbonyl (C=O) groups excluding carboxylic acids is 2. The number of nitrogens with zero attached hydrogens (tertiary/aromatic N) is 1. The van der Waals surface area contributed by atoms with Gasteiger partial charge < -0.3 is 9.64 Å². The topological polar surface area (TPSA) is 107 Å². The number of rotatable bonds is 5. The van der Waals surface area contributed by atoms with E-state index in [0.717, 1.165) is 12.8 Å². The summed E-state index contributed by atoms with van der Waals surface area (Å²) in [7, 11) is -3.55. The maximum Gasteiger partial charge on any atom is 0.308 e. The minimum atomic E-state index is -3.55. The van der Waals surface area contributed by atoms with E-state index in [0.29, 0.717) is 26.0 Å². The van der Waals surface area contributed by atoms with Crippen LogP contribution in [0.25, 0.3) is 0 Å². The molecule has 2 aliphatic rings. The molecular formula is C14H24N2O5S. The van der Waals surface area contributed by atoms with Crippen LogP contribution >= 0.6 is 0 Å². The summed E-state index contributed by atoms with van der Waals surface area (Å²) in [5, 5.41) is 5.06. The van der Waals surface area contributed by atoms with Crippen molar-refractivity contribution in [2.24, 2.45) is 17.0 Å². The van der Waals surface area contributed by atoms with Crippen LogP contribution in [-0.2, 0) is 24.3 Å². The molecule has 8 heteroatoms. The Bertz CT molecular complexity index is 525. The molecule has 126 valence electrons. The molecule has 2 N–H and O–H groups in total. The van der Waals surface area contributed by atoms with Crippen LogP contribution in [0.2, 0.25) is 0 Å². The SMILES string of the molecule is CCOC(=O)C1CCC(N2CC(CS(N)(=O)=O)CC2=O)CC1. The first-order chi connectivity index (χ1) is 10.3. The van der Waals surface area contributed by atoms with Crippen LogP contribution in [0.5, 0.6) is 0 Å². The van der Waals surface area contributed by atoms with Gasteiger partial charge in [-0.05, 0) is 32.6 Å². The van der Waals surface area contributed by atoms with Gasteiger partial charge in [0.2, 0.25) is 15.9 Å². The van der Waals surface area contributed by atoms with E-state index >= 15 is 0 Å². The molecule has 1 saturated heterocycles. The average Bonchev–Trinajstić information content (AvgIpc) is 2.77. The Morgan fingerprint density at radius 1 is 1.32 bits per heavy atom. The molecule has 0 spiro atoms. The highest BCUT2D eigenvalue weighted by Gasteiger charge is 2.38. The maximum atomic E-state index is 12.1. The Hall–Kier alpha value is -1.15. The molecule has 0 radical (unpaired) electrons. The number of sulfonamides is 1. The van der Waals surface area contributed by atoms with Crippen molar-refractivity contribution < 1.29 is 22.7 Å². The van der Waals surface area contributed by atoms with Gasteiger partial charge in [-0.1, -0.05) is 0 Å². The molecule has 0 aromatic carbocycles. The molecule has 0 aromatic heterocycles. The predicted molar refractivity (Wildman–Crippen MR) is 80.2 cm³/mol. The third kappa shape index (κ3) is 4.42. The fourth-order valence-electron chi connectivity index (χ4n) is 3.48. The molecular weight excluding hydrogens is 308 g/mol. The molecule has 0 bridgehead atoms. The summed E-state index contributed by atoms with van der Waals surface area (Å²) in [5.74, 6) is -0.596. The van der Waals surface area contributed by atoms with Crippen molar-refractivity contribution in [1.82, 2.24) is 4.90 Å². The molecule has 1 aliphatic carbocycles. The molecule has 2 rings (SSSR count). The summed E-state index contributed by atoms with van der Waals surface area (Å²) < 4.78 is 27.3. The van der Waals surface area contributed by atoms with Crippen LogP contribution in [0.15, 0.2) is 0 Å². The summed E-state index contributed by atoms with van der Waals surface area (Å²) in [4.78, 5) is 25.6. The van der Waals surface area contributed by atoms with Gasteiger partial charge in [0.15, 0.2) is 0 Å². The average molecular weight is 332 g/mol. The van der Waals surface area contributed by atoms with Gasteiger partial charge in [-0.3, -0.25) is 9.59 Å². The lowest BCUT2D eigenvalue weighted by Crippen LogP contribution is -2.40. The number of likely N-dealkylation sites (tertiary alicyclic amines) is 1. The van der Waals surface area contributed by atoms with Crippen molar-refractivity contribution in [3.63, 3.8) is 0 Å². The lowest BCUT2D eigenvalue weighted by Gasteiger charge is -2.34. The lowest BCUT2D eigenvalue weighted by atomic mass is 9.85. The normalized spacial score (nSPS) is 29.6. The van der Waals surface area contributed by atoms with Gasteiger partial charge >= 0.3 is 5.97 Å². The zero-order valence-electron chi connectivity index (χ0n) is 12.9. The van der Waals surface area contributed by atoms with Gasteiger partial charge in [0.05, 0.1) is 18.3 Å². The van der Waals surface area contributed by atoms with E-state index in [1.807, 2.05) is 0 Å². The first kappa shape index (κ1) is 17.2. The monoisotopic (exact) mass is 332 g/mol. The quantitative estimate of drug-likeness (QED) is 0.726. The highest BCUT2D eigenvalue weighted by molar-refractivity contribution is 7.89. The molecule has 1 heterocycles. The van der Waals surface area contributed by atoms with E-state index in [-0.39, 0.29) is 41.9 Å². The van der Waals surface area contributed by atoms with E-state index in [1.165, 1.54) is 0 Å². The molecule has 1 atom stereocenters. The number of primary sulfonamides is 1. The highest BCUT2D eigenvalue weighted by atomic mass is 32.2. The van der Waals surface area contributed by atoms with Gasteiger partial charge in [-0.2, -0.15) is 0 Å². The summed E-state index contributed by atoms with van der Waals surface area (Å²) in [6, 6.07) is 0.101. The van der Waals surface area contributed by atoms with Gasteiger partial charge in [0, 0.05) is 24.9 Å². The number of esters is 1. The van der Waals surface area contributed by atoms with Gasteiger partial charge in [-0.15, -0.1) is 0 Å². The number of carbonyl (C=O) groups is 2. The van der Waals surface area contributed by atoms with E-state index in [4.69, 9.17) is 9.88 Å².